The van der Waals surface area contributed by atoms with E-state index >= 15 is 0 Å². The van der Waals surface area contributed by atoms with E-state index < -0.39 is 0 Å². The van der Waals surface area contributed by atoms with Gasteiger partial charge in [0, 0.05) is 0 Å². The van der Waals surface area contributed by atoms with Crippen molar-refractivity contribution in [1.82, 2.24) is 0 Å². The fourth-order valence-corrected chi connectivity index (χ4v) is 4.56. The molecule has 0 aromatic rings. The second-order valence-corrected chi connectivity index (χ2v) is 5.96. The van der Waals surface area contributed by atoms with Gasteiger partial charge >= 0.3 is 0 Å². The summed E-state index contributed by atoms with van der Waals surface area (Å²) in [6, 6.07) is -0.0557. The number of aliphatic imine (C=N–C) groups is 3. The molecular formula is C15H19N3O3. The Morgan fingerprint density at radius 1 is 1.05 bits per heavy atom. The Labute approximate surface area is 123 Å². The van der Waals surface area contributed by atoms with Crippen molar-refractivity contribution in [2.24, 2.45) is 44.6 Å². The lowest BCUT2D eigenvalue weighted by Crippen LogP contribution is -2.37. The Kier molecular flexibility index (Phi) is 5.35. The molecule has 6 heteroatoms. The Hall–Kier alpha value is -1.86. The van der Waals surface area contributed by atoms with Gasteiger partial charge in [0.2, 0.25) is 18.2 Å². The molecule has 0 amide bonds. The number of nitrogens with zero attached hydrogens (tertiary/aromatic N) is 3. The van der Waals surface area contributed by atoms with Crippen molar-refractivity contribution in [3.8, 4) is 0 Å². The van der Waals surface area contributed by atoms with Gasteiger partial charge in [-0.15, -0.1) is 0 Å². The Bertz CT molecular complexity index is 516. The van der Waals surface area contributed by atoms with Gasteiger partial charge in [0.15, 0.2) is 0 Å². The molecule has 2 saturated carbocycles. The number of fused-ring (bicyclic) bond motifs is 2. The summed E-state index contributed by atoms with van der Waals surface area (Å²) in [4.78, 5) is 42.8. The summed E-state index contributed by atoms with van der Waals surface area (Å²) in [6.07, 6.45) is 7.68. The van der Waals surface area contributed by atoms with Crippen molar-refractivity contribution in [3.05, 3.63) is 0 Å². The van der Waals surface area contributed by atoms with Gasteiger partial charge < -0.3 is 0 Å². The molecule has 2 aliphatic rings. The highest BCUT2D eigenvalue weighted by Crippen LogP contribution is 2.57. The van der Waals surface area contributed by atoms with Gasteiger partial charge in [-0.05, 0) is 48.9 Å². The summed E-state index contributed by atoms with van der Waals surface area (Å²) in [5, 5.41) is 0. The third-order valence-corrected chi connectivity index (χ3v) is 5.21. The van der Waals surface area contributed by atoms with Crippen molar-refractivity contribution in [1.29, 1.82) is 0 Å². The topological polar surface area (TPSA) is 88.3 Å². The van der Waals surface area contributed by atoms with Gasteiger partial charge in [-0.1, -0.05) is 6.92 Å². The lowest BCUT2D eigenvalue weighted by atomic mass is 9.70. The predicted molar refractivity (Wildman–Crippen MR) is 74.9 cm³/mol. The van der Waals surface area contributed by atoms with Crippen LogP contribution in [0.3, 0.4) is 0 Å². The van der Waals surface area contributed by atoms with E-state index in [1.165, 1.54) is 0 Å². The standard InChI is InChI=1S/C15H19N3O3/c1-2-14(18-9-21)15-10-3-11(5-16-7-19)12(4-10)13(15)6-17-8-20/h10-15H,2-6H2,1H3. The molecule has 0 heterocycles. The minimum Gasteiger partial charge on any atom is -0.211 e. The number of hydrogen-bond donors (Lipinski definition) is 0. The van der Waals surface area contributed by atoms with Crippen LogP contribution in [0.2, 0.25) is 0 Å². The Morgan fingerprint density at radius 3 is 2.38 bits per heavy atom. The van der Waals surface area contributed by atoms with Gasteiger partial charge in [0.25, 0.3) is 0 Å². The van der Waals surface area contributed by atoms with Crippen molar-refractivity contribution in [2.75, 3.05) is 13.1 Å². The first-order chi connectivity index (χ1) is 10.3. The molecule has 2 bridgehead atoms. The van der Waals surface area contributed by atoms with E-state index in [9.17, 15) is 14.4 Å². The summed E-state index contributed by atoms with van der Waals surface area (Å²) < 4.78 is 0. The van der Waals surface area contributed by atoms with Crippen molar-refractivity contribution in [3.63, 3.8) is 0 Å². The van der Waals surface area contributed by atoms with Crippen LogP contribution in [0.5, 0.6) is 0 Å². The van der Waals surface area contributed by atoms with Gasteiger partial charge in [-0.25, -0.2) is 29.4 Å². The first-order valence-corrected chi connectivity index (χ1v) is 7.41. The average Bonchev–Trinajstić information content (AvgIpc) is 3.06. The Morgan fingerprint density at radius 2 is 1.76 bits per heavy atom. The fraction of sp³-hybridized carbons (Fsp3) is 0.800. The smallest absolute Gasteiger partial charge is 0.211 e. The van der Waals surface area contributed by atoms with E-state index in [2.05, 4.69) is 15.0 Å². The monoisotopic (exact) mass is 289 g/mol. The van der Waals surface area contributed by atoms with E-state index in [0.29, 0.717) is 30.8 Å². The highest BCUT2D eigenvalue weighted by Gasteiger charge is 2.54. The van der Waals surface area contributed by atoms with Gasteiger partial charge in [-0.3, -0.25) is 0 Å². The molecule has 6 atom stereocenters. The average molecular weight is 289 g/mol. The number of rotatable bonds is 7. The molecule has 0 N–H and O–H groups in total. The largest absolute Gasteiger partial charge is 0.235 e. The van der Waals surface area contributed by atoms with Crippen molar-refractivity contribution >= 4 is 18.2 Å². The van der Waals surface area contributed by atoms with Crippen LogP contribution >= 0.6 is 0 Å². The molecule has 0 aromatic carbocycles. The van der Waals surface area contributed by atoms with E-state index in [4.69, 9.17) is 0 Å². The predicted octanol–water partition coefficient (Wildman–Crippen LogP) is 1.66. The molecule has 0 saturated heterocycles. The minimum absolute atomic E-state index is 0.0557. The summed E-state index contributed by atoms with van der Waals surface area (Å²) in [7, 11) is 0. The zero-order chi connectivity index (χ0) is 15.2. The second kappa shape index (κ2) is 7.24. The van der Waals surface area contributed by atoms with Gasteiger partial charge in [0.05, 0.1) is 19.1 Å². The quantitative estimate of drug-likeness (QED) is 0.527. The SMILES string of the molecule is CCC(N=C=O)C1C2CC(CN=C=O)C(C2)C1CN=C=O. The molecule has 112 valence electrons. The maximum atomic E-state index is 10.6. The summed E-state index contributed by atoms with van der Waals surface area (Å²) in [6.45, 7) is 2.92. The van der Waals surface area contributed by atoms with E-state index in [-0.39, 0.29) is 17.9 Å². The summed E-state index contributed by atoms with van der Waals surface area (Å²) in [5.74, 6) is 1.65. The van der Waals surface area contributed by atoms with Gasteiger partial charge in [-0.2, -0.15) is 0 Å². The maximum Gasteiger partial charge on any atom is 0.235 e. The molecule has 0 spiro atoms. The zero-order valence-corrected chi connectivity index (χ0v) is 12.1. The first-order valence-electron chi connectivity index (χ1n) is 7.41. The van der Waals surface area contributed by atoms with Crippen molar-refractivity contribution < 1.29 is 14.4 Å². The lowest BCUT2D eigenvalue weighted by Gasteiger charge is -2.36. The number of carbonyl (C=O) groups excluding carboxylic acids is 3. The third-order valence-electron chi connectivity index (χ3n) is 5.21. The van der Waals surface area contributed by atoms with Crippen LogP contribution in [0.4, 0.5) is 0 Å². The fourth-order valence-electron chi connectivity index (χ4n) is 4.56. The highest BCUT2D eigenvalue weighted by atomic mass is 16.1. The van der Waals surface area contributed by atoms with Crippen LogP contribution < -0.4 is 0 Å². The van der Waals surface area contributed by atoms with Crippen molar-refractivity contribution in [2.45, 2.75) is 32.2 Å². The van der Waals surface area contributed by atoms with E-state index in [1.807, 2.05) is 6.92 Å². The molecule has 2 rings (SSSR count). The second-order valence-electron chi connectivity index (χ2n) is 5.96. The first kappa shape index (κ1) is 15.5. The van der Waals surface area contributed by atoms with Crippen LogP contribution in [0, 0.1) is 29.6 Å². The molecule has 2 aliphatic carbocycles. The molecular weight excluding hydrogens is 270 g/mol. The lowest BCUT2D eigenvalue weighted by molar-refractivity contribution is 0.146. The number of hydrogen-bond acceptors (Lipinski definition) is 6. The molecule has 0 aliphatic heterocycles. The van der Waals surface area contributed by atoms with E-state index in [1.54, 1.807) is 18.2 Å². The minimum atomic E-state index is -0.0557. The molecule has 6 unspecified atom stereocenters. The summed E-state index contributed by atoms with van der Waals surface area (Å²) >= 11 is 0. The molecule has 0 aromatic heterocycles. The zero-order valence-electron chi connectivity index (χ0n) is 12.1. The highest BCUT2D eigenvalue weighted by molar-refractivity contribution is 5.34. The molecule has 2 fully saturated rings. The van der Waals surface area contributed by atoms with E-state index in [0.717, 1.165) is 19.3 Å². The molecule has 21 heavy (non-hydrogen) atoms. The van der Waals surface area contributed by atoms with Crippen LogP contribution in [0.25, 0.3) is 0 Å². The molecule has 0 radical (unpaired) electrons. The normalized spacial score (nSPS) is 34.4. The van der Waals surface area contributed by atoms with Crippen LogP contribution in [-0.2, 0) is 14.4 Å². The van der Waals surface area contributed by atoms with Crippen LogP contribution in [0.15, 0.2) is 15.0 Å². The Balaban J connectivity index is 2.20. The van der Waals surface area contributed by atoms with Gasteiger partial charge in [0.1, 0.15) is 0 Å². The number of isocyanates is 3. The maximum absolute atomic E-state index is 10.6. The third kappa shape index (κ3) is 3.08. The van der Waals surface area contributed by atoms with Crippen LogP contribution in [-0.4, -0.2) is 37.4 Å². The molecule has 6 nitrogen and oxygen atoms in total. The summed E-state index contributed by atoms with van der Waals surface area (Å²) in [5.41, 5.74) is 0. The van der Waals surface area contributed by atoms with Crippen LogP contribution in [0.1, 0.15) is 26.2 Å².